The molecule has 1 aliphatic heterocycles. The second-order valence-electron chi connectivity index (χ2n) is 6.29. The Morgan fingerprint density at radius 3 is 2.74 bits per heavy atom. The van der Waals surface area contributed by atoms with Crippen molar-refractivity contribution in [3.05, 3.63) is 24.3 Å². The van der Waals surface area contributed by atoms with E-state index in [1.165, 1.54) is 6.42 Å². The van der Waals surface area contributed by atoms with Crippen molar-refractivity contribution >= 4 is 0 Å². The summed E-state index contributed by atoms with van der Waals surface area (Å²) in [5.74, 6) is 1.61. The van der Waals surface area contributed by atoms with Gasteiger partial charge in [-0.2, -0.15) is 0 Å². The Morgan fingerprint density at radius 2 is 2.11 bits per heavy atom. The Kier molecular flexibility index (Phi) is 4.53. The molecule has 1 fully saturated rings. The van der Waals surface area contributed by atoms with E-state index in [0.29, 0.717) is 12.0 Å². The zero-order valence-electron chi connectivity index (χ0n) is 12.6. The first-order valence-corrected chi connectivity index (χ1v) is 7.27. The number of rotatable bonds is 4. The first kappa shape index (κ1) is 14.4. The van der Waals surface area contributed by atoms with Gasteiger partial charge in [-0.15, -0.1) is 0 Å². The van der Waals surface area contributed by atoms with Gasteiger partial charge in [0.25, 0.3) is 0 Å². The number of piperazine rings is 1. The van der Waals surface area contributed by atoms with Crippen LogP contribution in [-0.2, 0) is 6.54 Å². The Hall–Kier alpha value is -1.00. The lowest BCUT2D eigenvalue weighted by Crippen LogP contribution is -2.62. The van der Waals surface area contributed by atoms with Crippen LogP contribution in [0.5, 0.6) is 0 Å². The highest BCUT2D eigenvalue weighted by Crippen LogP contribution is 2.23. The van der Waals surface area contributed by atoms with E-state index in [-0.39, 0.29) is 5.54 Å². The van der Waals surface area contributed by atoms with Crippen molar-refractivity contribution < 1.29 is 0 Å². The summed E-state index contributed by atoms with van der Waals surface area (Å²) in [5, 5.41) is 3.66. The molecule has 0 saturated carbocycles. The molecule has 4 heteroatoms. The molecule has 2 rings (SSSR count). The maximum Gasteiger partial charge on any atom is 0.142 e. The third-order valence-electron chi connectivity index (χ3n) is 4.12. The molecule has 19 heavy (non-hydrogen) atoms. The molecule has 0 amide bonds. The topological polar surface area (TPSA) is 41.0 Å². The molecule has 0 aromatic carbocycles. The molecule has 2 unspecified atom stereocenters. The van der Waals surface area contributed by atoms with Crippen molar-refractivity contribution in [2.75, 3.05) is 13.1 Å². The van der Waals surface area contributed by atoms with Gasteiger partial charge >= 0.3 is 0 Å². The Labute approximate surface area is 116 Å². The van der Waals surface area contributed by atoms with Gasteiger partial charge < -0.3 is 5.32 Å². The third-order valence-corrected chi connectivity index (χ3v) is 4.12. The van der Waals surface area contributed by atoms with Gasteiger partial charge in [-0.05, 0) is 25.8 Å². The molecule has 1 aliphatic rings. The summed E-state index contributed by atoms with van der Waals surface area (Å²) < 4.78 is 0. The first-order valence-electron chi connectivity index (χ1n) is 7.27. The van der Waals surface area contributed by atoms with Crippen molar-refractivity contribution in [2.24, 2.45) is 5.92 Å². The average Bonchev–Trinajstić information content (AvgIpc) is 2.38. The largest absolute Gasteiger partial charge is 0.309 e. The summed E-state index contributed by atoms with van der Waals surface area (Å²) in [5.41, 5.74) is 0.165. The molecule has 4 nitrogen and oxygen atoms in total. The maximum atomic E-state index is 4.37. The van der Waals surface area contributed by atoms with Crippen molar-refractivity contribution in [1.29, 1.82) is 0 Å². The number of nitrogens with zero attached hydrogens (tertiary/aromatic N) is 3. The number of nitrogens with one attached hydrogen (secondary N) is 1. The lowest BCUT2D eigenvalue weighted by molar-refractivity contribution is 0.0550. The van der Waals surface area contributed by atoms with Crippen LogP contribution in [0.3, 0.4) is 0 Å². The van der Waals surface area contributed by atoms with Crippen molar-refractivity contribution in [1.82, 2.24) is 20.2 Å². The molecule has 2 atom stereocenters. The molecule has 1 N–H and O–H groups in total. The van der Waals surface area contributed by atoms with E-state index in [1.54, 1.807) is 0 Å². The molecule has 0 aliphatic carbocycles. The van der Waals surface area contributed by atoms with Crippen molar-refractivity contribution in [3.63, 3.8) is 0 Å². The van der Waals surface area contributed by atoms with Gasteiger partial charge in [0.05, 0.1) is 6.54 Å². The Morgan fingerprint density at radius 1 is 1.42 bits per heavy atom. The molecule has 2 heterocycles. The summed E-state index contributed by atoms with van der Waals surface area (Å²) in [6, 6.07) is 2.44. The highest BCUT2D eigenvalue weighted by atomic mass is 15.3. The van der Waals surface area contributed by atoms with Gasteiger partial charge in [-0.25, -0.2) is 9.97 Å². The molecule has 0 radical (unpaired) electrons. The molecule has 1 aromatic heterocycles. The summed E-state index contributed by atoms with van der Waals surface area (Å²) in [7, 11) is 0. The zero-order chi connectivity index (χ0) is 13.9. The lowest BCUT2D eigenvalue weighted by atomic mass is 9.91. The summed E-state index contributed by atoms with van der Waals surface area (Å²) in [6.07, 6.45) is 4.86. The average molecular weight is 262 g/mol. The van der Waals surface area contributed by atoms with E-state index in [0.717, 1.165) is 25.5 Å². The number of hydrogen-bond acceptors (Lipinski definition) is 4. The number of aromatic nitrogens is 2. The van der Waals surface area contributed by atoms with Gasteiger partial charge in [-0.3, -0.25) is 4.90 Å². The molecule has 0 spiro atoms. The zero-order valence-corrected chi connectivity index (χ0v) is 12.6. The smallest absolute Gasteiger partial charge is 0.142 e. The van der Waals surface area contributed by atoms with E-state index >= 15 is 0 Å². The van der Waals surface area contributed by atoms with Crippen LogP contribution < -0.4 is 5.32 Å². The Balaban J connectivity index is 2.11. The first-order chi connectivity index (χ1) is 9.02. The van der Waals surface area contributed by atoms with Gasteiger partial charge in [0.2, 0.25) is 0 Å². The van der Waals surface area contributed by atoms with Crippen LogP contribution in [0.25, 0.3) is 0 Å². The van der Waals surface area contributed by atoms with E-state index in [4.69, 9.17) is 0 Å². The molecule has 106 valence electrons. The molecule has 0 bridgehead atoms. The van der Waals surface area contributed by atoms with Crippen LogP contribution in [0, 0.1) is 5.92 Å². The highest BCUT2D eigenvalue weighted by Gasteiger charge is 2.34. The fourth-order valence-corrected chi connectivity index (χ4v) is 2.79. The predicted octanol–water partition coefficient (Wildman–Crippen LogP) is 2.08. The van der Waals surface area contributed by atoms with E-state index in [9.17, 15) is 0 Å². The van der Waals surface area contributed by atoms with Gasteiger partial charge in [-0.1, -0.05) is 20.3 Å². The second kappa shape index (κ2) is 5.97. The molecule has 1 saturated heterocycles. The highest BCUT2D eigenvalue weighted by molar-refractivity contribution is 4.97. The fraction of sp³-hybridized carbons (Fsp3) is 0.733. The summed E-state index contributed by atoms with van der Waals surface area (Å²) in [4.78, 5) is 11.3. The monoisotopic (exact) mass is 262 g/mol. The Bertz CT molecular complexity index is 390. The maximum absolute atomic E-state index is 4.37. The molecular formula is C15H26N4. The van der Waals surface area contributed by atoms with Crippen LogP contribution in [-0.4, -0.2) is 39.5 Å². The summed E-state index contributed by atoms with van der Waals surface area (Å²) >= 11 is 0. The van der Waals surface area contributed by atoms with Crippen molar-refractivity contribution in [3.8, 4) is 0 Å². The van der Waals surface area contributed by atoms with E-state index in [1.807, 2.05) is 18.5 Å². The van der Waals surface area contributed by atoms with Crippen LogP contribution in [0.4, 0.5) is 0 Å². The minimum Gasteiger partial charge on any atom is -0.309 e. The predicted molar refractivity (Wildman–Crippen MR) is 77.8 cm³/mol. The second-order valence-corrected chi connectivity index (χ2v) is 6.29. The SMILES string of the molecule is CCC(C)C1CNC(C)(C)CN1Cc1ncccn1. The standard InChI is InChI=1S/C15H26N4/c1-5-12(2)13-9-18-15(3,4)11-19(13)10-14-16-7-6-8-17-14/h6-8,12-13,18H,5,9-11H2,1-4H3. The number of hydrogen-bond donors (Lipinski definition) is 1. The van der Waals surface area contributed by atoms with Crippen LogP contribution in [0.1, 0.15) is 39.9 Å². The van der Waals surface area contributed by atoms with Crippen LogP contribution in [0.15, 0.2) is 18.5 Å². The summed E-state index contributed by atoms with van der Waals surface area (Å²) in [6.45, 7) is 12.1. The minimum absolute atomic E-state index is 0.165. The van der Waals surface area contributed by atoms with Gasteiger partial charge in [0, 0.05) is 37.1 Å². The molecular weight excluding hydrogens is 236 g/mol. The fourth-order valence-electron chi connectivity index (χ4n) is 2.79. The lowest BCUT2D eigenvalue weighted by Gasteiger charge is -2.46. The van der Waals surface area contributed by atoms with Crippen molar-refractivity contribution in [2.45, 2.75) is 52.2 Å². The van der Waals surface area contributed by atoms with Gasteiger partial charge in [0.15, 0.2) is 0 Å². The van der Waals surface area contributed by atoms with E-state index in [2.05, 4.69) is 47.9 Å². The van der Waals surface area contributed by atoms with Crippen LogP contribution in [0.2, 0.25) is 0 Å². The van der Waals surface area contributed by atoms with Gasteiger partial charge in [0.1, 0.15) is 5.82 Å². The third kappa shape index (κ3) is 3.74. The van der Waals surface area contributed by atoms with E-state index < -0.39 is 0 Å². The molecule has 1 aromatic rings. The quantitative estimate of drug-likeness (QED) is 0.902. The normalized spacial score (nSPS) is 25.2. The van der Waals surface area contributed by atoms with Crippen LogP contribution >= 0.6 is 0 Å². The minimum atomic E-state index is 0.165.